The van der Waals surface area contributed by atoms with Crippen LogP contribution in [0.4, 0.5) is 0 Å². The number of carbonyl (C=O) groups excluding carboxylic acids is 1. The SMILES string of the molecule is CC.CC.CCC(=O)C(Cc1c[nH]c2ccccc12)NNC. The molecule has 1 unspecified atom stereocenters. The first-order valence-electron chi connectivity index (χ1n) is 8.26. The van der Waals surface area contributed by atoms with Gasteiger partial charge in [0.2, 0.25) is 0 Å². The van der Waals surface area contributed by atoms with Gasteiger partial charge < -0.3 is 4.98 Å². The van der Waals surface area contributed by atoms with Crippen LogP contribution >= 0.6 is 0 Å². The van der Waals surface area contributed by atoms with Crippen molar-refractivity contribution in [1.82, 2.24) is 15.8 Å². The summed E-state index contributed by atoms with van der Waals surface area (Å²) in [5.41, 5.74) is 8.16. The van der Waals surface area contributed by atoms with Crippen LogP contribution in [0.25, 0.3) is 10.9 Å². The standard InChI is InChI=1S/C14H19N3O.2C2H6/c1-3-14(18)13(17-15-2)8-10-9-16-12-7-5-4-6-11(10)12;2*1-2/h4-7,9,13,15-17H,3,8H2,1-2H3;2*1-2H3. The lowest BCUT2D eigenvalue weighted by atomic mass is 10.0. The number of Topliss-reactive ketones (excluding diaryl/α,β-unsaturated/α-hetero) is 1. The molecule has 0 aliphatic carbocycles. The highest BCUT2D eigenvalue weighted by molar-refractivity contribution is 5.87. The molecule has 0 amide bonds. The summed E-state index contributed by atoms with van der Waals surface area (Å²) in [5.74, 6) is 0.217. The number of H-pyrrole nitrogens is 1. The lowest BCUT2D eigenvalue weighted by molar-refractivity contribution is -0.121. The first-order valence-corrected chi connectivity index (χ1v) is 8.26. The molecule has 0 saturated carbocycles. The monoisotopic (exact) mass is 305 g/mol. The molecule has 124 valence electrons. The quantitative estimate of drug-likeness (QED) is 0.711. The fourth-order valence-corrected chi connectivity index (χ4v) is 2.19. The second-order valence-electron chi connectivity index (χ2n) is 4.33. The molecule has 0 saturated heterocycles. The highest BCUT2D eigenvalue weighted by Gasteiger charge is 2.17. The van der Waals surface area contributed by atoms with Gasteiger partial charge in [-0.25, -0.2) is 5.43 Å². The van der Waals surface area contributed by atoms with E-state index in [1.54, 1.807) is 7.05 Å². The zero-order valence-corrected chi connectivity index (χ0v) is 14.8. The van der Waals surface area contributed by atoms with Gasteiger partial charge in [0.25, 0.3) is 0 Å². The summed E-state index contributed by atoms with van der Waals surface area (Å²) in [5, 5.41) is 1.18. The summed E-state index contributed by atoms with van der Waals surface area (Å²) in [6, 6.07) is 7.96. The lowest BCUT2D eigenvalue weighted by Crippen LogP contribution is -2.44. The number of aromatic amines is 1. The van der Waals surface area contributed by atoms with Crippen molar-refractivity contribution in [2.24, 2.45) is 0 Å². The van der Waals surface area contributed by atoms with Crippen LogP contribution in [-0.4, -0.2) is 23.9 Å². The molecular formula is C18H31N3O. The summed E-state index contributed by atoms with van der Waals surface area (Å²) >= 11 is 0. The molecule has 4 nitrogen and oxygen atoms in total. The lowest BCUT2D eigenvalue weighted by Gasteiger charge is -2.15. The minimum absolute atomic E-state index is 0.181. The molecule has 0 bridgehead atoms. The average Bonchev–Trinajstić information content (AvgIpc) is 3.00. The maximum atomic E-state index is 11.9. The molecule has 2 aromatic rings. The second kappa shape index (κ2) is 12.0. The molecule has 22 heavy (non-hydrogen) atoms. The summed E-state index contributed by atoms with van der Waals surface area (Å²) in [6.45, 7) is 9.89. The smallest absolute Gasteiger partial charge is 0.151 e. The zero-order valence-electron chi connectivity index (χ0n) is 14.8. The third-order valence-electron chi connectivity index (χ3n) is 3.15. The minimum Gasteiger partial charge on any atom is -0.361 e. The van der Waals surface area contributed by atoms with Gasteiger partial charge in [-0.3, -0.25) is 10.2 Å². The molecule has 2 rings (SSSR count). The van der Waals surface area contributed by atoms with Crippen LogP contribution in [0, 0.1) is 0 Å². The number of benzene rings is 1. The van der Waals surface area contributed by atoms with Crippen LogP contribution in [0.1, 0.15) is 46.6 Å². The van der Waals surface area contributed by atoms with Crippen LogP contribution in [-0.2, 0) is 11.2 Å². The Morgan fingerprint density at radius 3 is 2.41 bits per heavy atom. The minimum atomic E-state index is -0.181. The Hall–Kier alpha value is -1.65. The van der Waals surface area contributed by atoms with Gasteiger partial charge in [-0.15, -0.1) is 0 Å². The van der Waals surface area contributed by atoms with Crippen molar-refractivity contribution < 1.29 is 4.79 Å². The largest absolute Gasteiger partial charge is 0.361 e. The van der Waals surface area contributed by atoms with Gasteiger partial charge in [0.1, 0.15) is 0 Å². The molecule has 4 heteroatoms. The summed E-state index contributed by atoms with van der Waals surface area (Å²) in [6.07, 6.45) is 3.22. The Balaban J connectivity index is 0.00000102. The number of hydrogen-bond acceptors (Lipinski definition) is 3. The van der Waals surface area contributed by atoms with E-state index < -0.39 is 0 Å². The third kappa shape index (κ3) is 5.62. The highest BCUT2D eigenvalue weighted by Crippen LogP contribution is 2.19. The normalized spacial score (nSPS) is 11.0. The number of ketones is 1. The van der Waals surface area contributed by atoms with Gasteiger partial charge in [0.15, 0.2) is 5.78 Å². The van der Waals surface area contributed by atoms with Crippen molar-refractivity contribution in [3.05, 3.63) is 36.0 Å². The van der Waals surface area contributed by atoms with Crippen molar-refractivity contribution >= 4 is 16.7 Å². The molecule has 0 fully saturated rings. The van der Waals surface area contributed by atoms with Crippen molar-refractivity contribution in [1.29, 1.82) is 0 Å². The summed E-state index contributed by atoms with van der Waals surface area (Å²) < 4.78 is 0. The topological polar surface area (TPSA) is 56.9 Å². The Morgan fingerprint density at radius 1 is 1.18 bits per heavy atom. The van der Waals surface area contributed by atoms with Crippen LogP contribution in [0.5, 0.6) is 0 Å². The number of fused-ring (bicyclic) bond motifs is 1. The van der Waals surface area contributed by atoms with Gasteiger partial charge in [-0.2, -0.15) is 0 Å². The molecule has 1 heterocycles. The summed E-state index contributed by atoms with van der Waals surface area (Å²) in [4.78, 5) is 15.1. The number of rotatable bonds is 6. The van der Waals surface area contributed by atoms with E-state index in [1.807, 2.05) is 59.0 Å². The van der Waals surface area contributed by atoms with E-state index in [1.165, 1.54) is 10.9 Å². The van der Waals surface area contributed by atoms with Crippen LogP contribution in [0.2, 0.25) is 0 Å². The molecule has 0 aliphatic heterocycles. The number of aromatic nitrogens is 1. The zero-order chi connectivity index (χ0) is 17.0. The summed E-state index contributed by atoms with van der Waals surface area (Å²) in [7, 11) is 1.78. The number of hydrazine groups is 1. The first kappa shape index (κ1) is 20.3. The maximum Gasteiger partial charge on any atom is 0.151 e. The second-order valence-corrected chi connectivity index (χ2v) is 4.33. The number of carbonyl (C=O) groups is 1. The predicted octanol–water partition coefficient (Wildman–Crippen LogP) is 3.83. The Bertz CT molecular complexity index is 534. The number of nitrogens with one attached hydrogen (secondary N) is 3. The van der Waals surface area contributed by atoms with E-state index in [0.717, 1.165) is 5.52 Å². The van der Waals surface area contributed by atoms with Gasteiger partial charge in [0.05, 0.1) is 6.04 Å². The number of hydrogen-bond donors (Lipinski definition) is 3. The van der Waals surface area contributed by atoms with Crippen molar-refractivity contribution in [3.63, 3.8) is 0 Å². The molecule has 0 aliphatic rings. The van der Waals surface area contributed by atoms with Gasteiger partial charge in [0, 0.05) is 23.5 Å². The van der Waals surface area contributed by atoms with E-state index in [9.17, 15) is 4.79 Å². The molecule has 0 spiro atoms. The average molecular weight is 305 g/mol. The molecule has 1 aromatic heterocycles. The fraction of sp³-hybridized carbons (Fsp3) is 0.500. The molecular weight excluding hydrogens is 274 g/mol. The van der Waals surface area contributed by atoms with E-state index in [0.29, 0.717) is 12.8 Å². The van der Waals surface area contributed by atoms with Gasteiger partial charge in [-0.1, -0.05) is 52.8 Å². The fourth-order valence-electron chi connectivity index (χ4n) is 2.19. The Kier molecular flexibility index (Phi) is 11.1. The first-order chi connectivity index (χ1) is 10.8. The van der Waals surface area contributed by atoms with Crippen molar-refractivity contribution in [2.45, 2.75) is 53.5 Å². The van der Waals surface area contributed by atoms with Crippen LogP contribution < -0.4 is 10.9 Å². The molecule has 1 atom stereocenters. The Labute approximate surface area is 134 Å². The molecule has 1 aromatic carbocycles. The van der Waals surface area contributed by atoms with E-state index in [2.05, 4.69) is 21.9 Å². The van der Waals surface area contributed by atoms with Gasteiger partial charge >= 0.3 is 0 Å². The van der Waals surface area contributed by atoms with E-state index in [-0.39, 0.29) is 11.8 Å². The van der Waals surface area contributed by atoms with E-state index in [4.69, 9.17) is 0 Å². The van der Waals surface area contributed by atoms with E-state index >= 15 is 0 Å². The highest BCUT2D eigenvalue weighted by atomic mass is 16.1. The van der Waals surface area contributed by atoms with Crippen LogP contribution in [0.15, 0.2) is 30.5 Å². The number of para-hydroxylation sites is 1. The maximum absolute atomic E-state index is 11.9. The van der Waals surface area contributed by atoms with Crippen molar-refractivity contribution in [2.75, 3.05) is 7.05 Å². The molecule has 0 radical (unpaired) electrons. The van der Waals surface area contributed by atoms with Crippen LogP contribution in [0.3, 0.4) is 0 Å². The Morgan fingerprint density at radius 2 is 1.82 bits per heavy atom. The van der Waals surface area contributed by atoms with Crippen molar-refractivity contribution in [3.8, 4) is 0 Å². The third-order valence-corrected chi connectivity index (χ3v) is 3.15. The molecule has 3 N–H and O–H groups in total. The predicted molar refractivity (Wildman–Crippen MR) is 96.0 cm³/mol. The van der Waals surface area contributed by atoms with Gasteiger partial charge in [-0.05, 0) is 25.1 Å².